The number of nitriles is 2. The van der Waals surface area contributed by atoms with Crippen LogP contribution in [0.1, 0.15) is 55.9 Å². The first-order valence-corrected chi connectivity index (χ1v) is 18.7. The lowest BCUT2D eigenvalue weighted by atomic mass is 10.1. The summed E-state index contributed by atoms with van der Waals surface area (Å²) in [5, 5.41) is 31.1. The molecule has 0 radical (unpaired) electrons. The topological polar surface area (TPSA) is 162 Å². The van der Waals surface area contributed by atoms with Crippen LogP contribution in [0.15, 0.2) is 109 Å². The van der Waals surface area contributed by atoms with Crippen LogP contribution in [0.3, 0.4) is 0 Å². The Bertz CT molecular complexity index is 2640. The molecule has 0 spiro atoms. The molecule has 7 rings (SSSR count). The molecule has 13 heteroatoms. The molecule has 4 aromatic carbocycles. The molecule has 0 aliphatic carbocycles. The normalized spacial score (nSPS) is 11.2. The Balaban J connectivity index is 0.000000202. The highest BCUT2D eigenvalue weighted by atomic mass is 16.6. The average Bonchev–Trinajstić information content (AvgIpc) is 3.29. The molecule has 296 valence electrons. The SMILES string of the molecule is [C-]#[N+]c1ccc(COc2c(C)ncc(NCc3ccc(C#N)cc3)c2CO)cc1.[C-]#[N+]c1ccc(COc2c(C)ncc3c2COC(=O)N3Cc2ccc(C#N)cc2)cc1. The van der Waals surface area contributed by atoms with Crippen LogP contribution in [0.4, 0.5) is 27.5 Å². The number of nitrogens with zero attached hydrogens (tertiary/aromatic N) is 7. The number of nitrogens with one attached hydrogen (secondary N) is 1. The summed E-state index contributed by atoms with van der Waals surface area (Å²) in [6, 6.07) is 32.9. The number of ether oxygens (including phenoxy) is 3. The monoisotopic (exact) mass is 794 g/mol. The number of aromatic nitrogens is 2. The van der Waals surface area contributed by atoms with Gasteiger partial charge in [-0.3, -0.25) is 14.9 Å². The Morgan fingerprint density at radius 2 is 1.25 bits per heavy atom. The molecule has 1 amide bonds. The largest absolute Gasteiger partial charge is 0.487 e. The number of aliphatic hydroxyl groups is 1. The smallest absolute Gasteiger partial charge is 0.414 e. The van der Waals surface area contributed by atoms with Crippen molar-refractivity contribution < 1.29 is 24.1 Å². The van der Waals surface area contributed by atoms with Crippen LogP contribution >= 0.6 is 0 Å². The molecular weight excluding hydrogens is 757 g/mol. The van der Waals surface area contributed by atoms with E-state index in [1.54, 1.807) is 60.9 Å². The van der Waals surface area contributed by atoms with Crippen molar-refractivity contribution in [2.45, 2.75) is 53.4 Å². The van der Waals surface area contributed by atoms with Gasteiger partial charge in [0.15, 0.2) is 11.4 Å². The summed E-state index contributed by atoms with van der Waals surface area (Å²) < 4.78 is 17.4. The van der Waals surface area contributed by atoms with E-state index in [1.165, 1.54) is 4.90 Å². The molecule has 3 heterocycles. The lowest BCUT2D eigenvalue weighted by Crippen LogP contribution is -2.35. The Kier molecular flexibility index (Phi) is 13.6. The third-order valence-electron chi connectivity index (χ3n) is 9.50. The zero-order valence-electron chi connectivity index (χ0n) is 32.8. The molecule has 0 atom stereocenters. The molecule has 0 saturated heterocycles. The number of hydrogen-bond donors (Lipinski definition) is 2. The number of pyridine rings is 2. The van der Waals surface area contributed by atoms with E-state index in [1.807, 2.05) is 62.4 Å². The molecule has 0 unspecified atom stereocenters. The molecule has 2 N–H and O–H groups in total. The van der Waals surface area contributed by atoms with Crippen molar-refractivity contribution in [1.82, 2.24) is 9.97 Å². The molecule has 0 saturated carbocycles. The van der Waals surface area contributed by atoms with E-state index in [-0.39, 0.29) is 13.2 Å². The van der Waals surface area contributed by atoms with E-state index < -0.39 is 6.09 Å². The number of cyclic esters (lactones) is 1. The van der Waals surface area contributed by atoms with Crippen LogP contribution in [0.25, 0.3) is 9.69 Å². The maximum atomic E-state index is 12.5. The zero-order chi connectivity index (χ0) is 42.4. The molecule has 6 aromatic rings. The minimum Gasteiger partial charge on any atom is -0.487 e. The van der Waals surface area contributed by atoms with Gasteiger partial charge in [0.1, 0.15) is 31.3 Å². The highest BCUT2D eigenvalue weighted by Gasteiger charge is 2.30. The lowest BCUT2D eigenvalue weighted by Gasteiger charge is -2.30. The van der Waals surface area contributed by atoms with Crippen LogP contribution in [0, 0.1) is 49.7 Å². The van der Waals surface area contributed by atoms with Crippen LogP contribution in [0.5, 0.6) is 11.5 Å². The maximum absolute atomic E-state index is 12.5. The highest BCUT2D eigenvalue weighted by molar-refractivity contribution is 5.91. The van der Waals surface area contributed by atoms with Crippen molar-refractivity contribution in [2.75, 3.05) is 10.2 Å². The molecule has 13 nitrogen and oxygen atoms in total. The van der Waals surface area contributed by atoms with E-state index >= 15 is 0 Å². The van der Waals surface area contributed by atoms with Crippen molar-refractivity contribution in [1.29, 1.82) is 10.5 Å². The number of fused-ring (bicyclic) bond motifs is 1. The number of carbonyl (C=O) groups excluding carboxylic acids is 1. The summed E-state index contributed by atoms with van der Waals surface area (Å²) in [7, 11) is 0. The quantitative estimate of drug-likeness (QED) is 0.114. The van der Waals surface area contributed by atoms with E-state index in [0.717, 1.165) is 27.8 Å². The molecule has 60 heavy (non-hydrogen) atoms. The number of amides is 1. The number of anilines is 2. The predicted molar refractivity (Wildman–Crippen MR) is 224 cm³/mol. The fourth-order valence-corrected chi connectivity index (χ4v) is 6.20. The van der Waals surface area contributed by atoms with Gasteiger partial charge in [0, 0.05) is 12.1 Å². The van der Waals surface area contributed by atoms with Gasteiger partial charge >= 0.3 is 6.09 Å². The number of benzene rings is 4. The van der Waals surface area contributed by atoms with Crippen molar-refractivity contribution in [3.63, 3.8) is 0 Å². The van der Waals surface area contributed by atoms with Gasteiger partial charge in [-0.25, -0.2) is 14.5 Å². The fourth-order valence-electron chi connectivity index (χ4n) is 6.20. The first-order chi connectivity index (χ1) is 29.2. The van der Waals surface area contributed by atoms with Crippen molar-refractivity contribution in [3.05, 3.63) is 188 Å². The summed E-state index contributed by atoms with van der Waals surface area (Å²) in [5.41, 5.74) is 10.2. The van der Waals surface area contributed by atoms with Crippen LogP contribution in [-0.4, -0.2) is 21.2 Å². The van der Waals surface area contributed by atoms with E-state index in [2.05, 4.69) is 37.1 Å². The fraction of sp³-hybridized carbons (Fsp3) is 0.170. The zero-order valence-corrected chi connectivity index (χ0v) is 32.8. The Morgan fingerprint density at radius 3 is 1.78 bits per heavy atom. The number of carbonyl (C=O) groups is 1. The Hall–Kier alpha value is -8.23. The van der Waals surface area contributed by atoms with E-state index in [9.17, 15) is 9.90 Å². The van der Waals surface area contributed by atoms with Gasteiger partial charge in [-0.05, 0) is 60.4 Å². The molecule has 0 bridgehead atoms. The molecular formula is C47H38N8O5. The van der Waals surface area contributed by atoms with Crippen molar-refractivity contribution in [2.24, 2.45) is 0 Å². The first kappa shape index (κ1) is 41.4. The van der Waals surface area contributed by atoms with E-state index in [4.69, 9.17) is 37.9 Å². The van der Waals surface area contributed by atoms with Crippen molar-refractivity contribution >= 4 is 28.8 Å². The summed E-state index contributed by atoms with van der Waals surface area (Å²) in [6.45, 7) is 19.1. The molecule has 1 aliphatic heterocycles. The summed E-state index contributed by atoms with van der Waals surface area (Å²) in [5.74, 6) is 1.13. The molecule has 2 aromatic heterocycles. The van der Waals surface area contributed by atoms with Gasteiger partial charge < -0.3 is 24.6 Å². The second kappa shape index (κ2) is 19.8. The third kappa shape index (κ3) is 10.2. The standard InChI is InChI=1S/C24H18N4O3.C23H20N4O2/c1-16-23(30-14-19-7-9-20(26-2)10-8-19)21-15-31-24(29)28(22(21)12-27-16)13-18-5-3-17(11-25)4-6-18;1-16-23(29-15-19-7-9-20(25-2)10-8-19)21(14-28)22(13-26-16)27-12-18-5-3-17(11-24)4-6-18/h3-10,12H,13-15H2,1H3;3-10,13,27-28H,12,14-15H2,1H3. The molecule has 1 aliphatic rings. The number of aliphatic hydroxyl groups excluding tert-OH is 1. The Morgan fingerprint density at radius 1 is 0.750 bits per heavy atom. The second-order valence-electron chi connectivity index (χ2n) is 13.5. The predicted octanol–water partition coefficient (Wildman–Crippen LogP) is 9.54. The summed E-state index contributed by atoms with van der Waals surface area (Å²) in [4.78, 5) is 29.6. The van der Waals surface area contributed by atoms with E-state index in [0.29, 0.717) is 88.6 Å². The number of rotatable bonds is 12. The van der Waals surface area contributed by atoms with Gasteiger partial charge in [0.25, 0.3) is 0 Å². The molecule has 0 fully saturated rings. The maximum Gasteiger partial charge on any atom is 0.414 e. The minimum absolute atomic E-state index is 0.105. The summed E-state index contributed by atoms with van der Waals surface area (Å²) in [6.07, 6.45) is 2.89. The Labute approximate surface area is 347 Å². The van der Waals surface area contributed by atoms with Gasteiger partial charge in [-0.2, -0.15) is 10.5 Å². The highest BCUT2D eigenvalue weighted by Crippen LogP contribution is 2.37. The van der Waals surface area contributed by atoms with Gasteiger partial charge in [0.2, 0.25) is 0 Å². The average molecular weight is 795 g/mol. The lowest BCUT2D eigenvalue weighted by molar-refractivity contribution is 0.139. The number of aryl methyl sites for hydroxylation is 2. The van der Waals surface area contributed by atoms with Crippen molar-refractivity contribution in [3.8, 4) is 23.6 Å². The first-order valence-electron chi connectivity index (χ1n) is 18.7. The van der Waals surface area contributed by atoms with Crippen LogP contribution < -0.4 is 19.7 Å². The van der Waals surface area contributed by atoms with Crippen LogP contribution in [-0.2, 0) is 44.3 Å². The van der Waals surface area contributed by atoms with Gasteiger partial charge in [0.05, 0.1) is 90.3 Å². The second-order valence-corrected chi connectivity index (χ2v) is 13.5. The van der Waals surface area contributed by atoms with Crippen LogP contribution in [0.2, 0.25) is 0 Å². The van der Waals surface area contributed by atoms with Gasteiger partial charge in [-0.1, -0.05) is 72.8 Å². The number of hydrogen-bond acceptors (Lipinski definition) is 10. The third-order valence-corrected chi connectivity index (χ3v) is 9.50. The van der Waals surface area contributed by atoms with Gasteiger partial charge in [-0.15, -0.1) is 0 Å². The summed E-state index contributed by atoms with van der Waals surface area (Å²) >= 11 is 0. The minimum atomic E-state index is -0.455.